The number of ether oxygens (including phenoxy) is 1. The van der Waals surface area contributed by atoms with Crippen LogP contribution in [0.25, 0.3) is 0 Å². The summed E-state index contributed by atoms with van der Waals surface area (Å²) in [6, 6.07) is 6.50. The summed E-state index contributed by atoms with van der Waals surface area (Å²) in [4.78, 5) is 24.3. The summed E-state index contributed by atoms with van der Waals surface area (Å²) in [6.07, 6.45) is 1.61. The van der Waals surface area contributed by atoms with Gasteiger partial charge in [-0.25, -0.2) is 4.79 Å². The molecule has 6 heteroatoms. The third-order valence-corrected chi connectivity index (χ3v) is 3.81. The second-order valence-electron chi connectivity index (χ2n) is 5.46. The molecule has 22 heavy (non-hydrogen) atoms. The lowest BCUT2D eigenvalue weighted by molar-refractivity contribution is -0.143. The van der Waals surface area contributed by atoms with E-state index in [2.05, 4.69) is 5.32 Å². The third-order valence-electron chi connectivity index (χ3n) is 3.06. The molecule has 2 N–H and O–H groups in total. The van der Waals surface area contributed by atoms with Crippen LogP contribution in [0.4, 0.5) is 0 Å². The Morgan fingerprint density at radius 3 is 2.27 bits per heavy atom. The molecule has 1 amide bonds. The van der Waals surface area contributed by atoms with E-state index < -0.39 is 24.0 Å². The van der Waals surface area contributed by atoms with Crippen LogP contribution in [0.1, 0.15) is 27.2 Å². The third kappa shape index (κ3) is 5.97. The van der Waals surface area contributed by atoms with Gasteiger partial charge >= 0.3 is 5.97 Å². The van der Waals surface area contributed by atoms with E-state index in [9.17, 15) is 9.59 Å². The number of amides is 1. The van der Waals surface area contributed by atoms with Gasteiger partial charge < -0.3 is 15.2 Å². The first-order valence-electron chi connectivity index (χ1n) is 7.17. The maximum atomic E-state index is 12.1. The van der Waals surface area contributed by atoms with Gasteiger partial charge in [-0.2, -0.15) is 0 Å². The van der Waals surface area contributed by atoms with Crippen LogP contribution >= 0.6 is 11.8 Å². The summed E-state index contributed by atoms with van der Waals surface area (Å²) in [7, 11) is 0. The number of thioether (sulfide) groups is 1. The molecule has 0 aromatic heterocycles. The van der Waals surface area contributed by atoms with Crippen LogP contribution in [-0.4, -0.2) is 35.4 Å². The molecule has 0 fully saturated rings. The van der Waals surface area contributed by atoms with Crippen LogP contribution in [0.15, 0.2) is 29.2 Å². The topological polar surface area (TPSA) is 75.6 Å². The molecule has 1 unspecified atom stereocenters. The summed E-state index contributed by atoms with van der Waals surface area (Å²) in [5.74, 6) is -0.700. The molecule has 0 saturated heterocycles. The fourth-order valence-corrected chi connectivity index (χ4v) is 2.30. The van der Waals surface area contributed by atoms with E-state index in [1.807, 2.05) is 32.2 Å². The lowest BCUT2D eigenvalue weighted by Crippen LogP contribution is -2.46. The van der Waals surface area contributed by atoms with E-state index in [0.717, 1.165) is 4.90 Å². The van der Waals surface area contributed by atoms with E-state index in [1.165, 1.54) is 0 Å². The molecule has 1 aromatic rings. The number of carbonyl (C=O) groups is 2. The molecule has 0 heterocycles. The number of rotatable bonds is 8. The Kier molecular flexibility index (Phi) is 7.24. The van der Waals surface area contributed by atoms with Gasteiger partial charge in [0, 0.05) is 4.90 Å². The highest BCUT2D eigenvalue weighted by atomic mass is 32.2. The normalized spacial score (nSPS) is 13.5. The lowest BCUT2D eigenvalue weighted by atomic mass is 10.0. The van der Waals surface area contributed by atoms with Crippen molar-refractivity contribution in [3.63, 3.8) is 0 Å². The van der Waals surface area contributed by atoms with Crippen molar-refractivity contribution < 1.29 is 19.4 Å². The highest BCUT2D eigenvalue weighted by Crippen LogP contribution is 2.19. The molecule has 122 valence electrons. The van der Waals surface area contributed by atoms with E-state index in [1.54, 1.807) is 30.8 Å². The van der Waals surface area contributed by atoms with Crippen LogP contribution in [0.5, 0.6) is 5.75 Å². The maximum Gasteiger partial charge on any atom is 0.326 e. The fraction of sp³-hybridized carbons (Fsp3) is 0.500. The van der Waals surface area contributed by atoms with Crippen LogP contribution < -0.4 is 10.1 Å². The quantitative estimate of drug-likeness (QED) is 0.719. The van der Waals surface area contributed by atoms with Crippen molar-refractivity contribution in [2.75, 3.05) is 6.26 Å². The summed E-state index contributed by atoms with van der Waals surface area (Å²) in [6.45, 7) is 5.43. The first-order chi connectivity index (χ1) is 10.3. The van der Waals surface area contributed by atoms with Crippen molar-refractivity contribution in [3.8, 4) is 5.75 Å². The van der Waals surface area contributed by atoms with Crippen molar-refractivity contribution in [2.45, 2.75) is 44.2 Å². The van der Waals surface area contributed by atoms with Crippen molar-refractivity contribution in [1.29, 1.82) is 0 Å². The highest BCUT2D eigenvalue weighted by molar-refractivity contribution is 7.98. The number of hydrogen-bond donors (Lipinski definition) is 2. The Bertz CT molecular complexity index is 501. The molecule has 0 radical (unpaired) electrons. The van der Waals surface area contributed by atoms with E-state index in [-0.39, 0.29) is 5.92 Å². The molecular formula is C16H23NO4S. The number of benzene rings is 1. The number of carboxylic acid groups (broad SMARTS) is 1. The van der Waals surface area contributed by atoms with Crippen molar-refractivity contribution in [1.82, 2.24) is 5.32 Å². The van der Waals surface area contributed by atoms with Gasteiger partial charge in [-0.1, -0.05) is 13.8 Å². The van der Waals surface area contributed by atoms with Crippen LogP contribution in [0, 0.1) is 5.92 Å². The smallest absolute Gasteiger partial charge is 0.326 e. The molecule has 0 aliphatic carbocycles. The zero-order valence-corrected chi connectivity index (χ0v) is 14.1. The van der Waals surface area contributed by atoms with Gasteiger partial charge in [-0.3, -0.25) is 4.79 Å². The van der Waals surface area contributed by atoms with Crippen molar-refractivity contribution in [3.05, 3.63) is 24.3 Å². The number of carbonyl (C=O) groups excluding carboxylic acids is 1. The van der Waals surface area contributed by atoms with E-state index in [0.29, 0.717) is 12.2 Å². The SMILES string of the molecule is CSc1ccc(OC(C)C(=O)N[C@@H](CC(C)C)C(=O)O)cc1. The Hall–Kier alpha value is -1.69. The van der Waals surface area contributed by atoms with Crippen molar-refractivity contribution >= 4 is 23.6 Å². The second kappa shape index (κ2) is 8.68. The molecule has 0 spiro atoms. The average molecular weight is 325 g/mol. The van der Waals surface area contributed by atoms with Crippen LogP contribution in [0.2, 0.25) is 0 Å². The predicted octanol–water partition coefficient (Wildman–Crippen LogP) is 2.79. The predicted molar refractivity (Wildman–Crippen MR) is 87.3 cm³/mol. The minimum Gasteiger partial charge on any atom is -0.481 e. The van der Waals surface area contributed by atoms with E-state index >= 15 is 0 Å². The molecule has 0 saturated carbocycles. The molecule has 2 atom stereocenters. The summed E-state index contributed by atoms with van der Waals surface area (Å²) < 4.78 is 5.55. The monoisotopic (exact) mass is 325 g/mol. The minimum absolute atomic E-state index is 0.178. The number of aliphatic carboxylic acids is 1. The Morgan fingerprint density at radius 1 is 1.23 bits per heavy atom. The molecule has 0 aliphatic heterocycles. The maximum absolute atomic E-state index is 12.1. The van der Waals surface area contributed by atoms with E-state index in [4.69, 9.17) is 9.84 Å². The molecule has 5 nitrogen and oxygen atoms in total. The fourth-order valence-electron chi connectivity index (χ4n) is 1.89. The molecule has 1 aromatic carbocycles. The Morgan fingerprint density at radius 2 is 1.82 bits per heavy atom. The largest absolute Gasteiger partial charge is 0.481 e. The molecule has 1 rings (SSSR count). The Balaban J connectivity index is 2.61. The number of hydrogen-bond acceptors (Lipinski definition) is 4. The second-order valence-corrected chi connectivity index (χ2v) is 6.34. The first kappa shape index (κ1) is 18.4. The summed E-state index contributed by atoms with van der Waals surface area (Å²) >= 11 is 1.62. The first-order valence-corrected chi connectivity index (χ1v) is 8.39. The van der Waals surface area contributed by atoms with Crippen LogP contribution in [0.3, 0.4) is 0 Å². The molecule has 0 bridgehead atoms. The minimum atomic E-state index is -1.03. The van der Waals surface area contributed by atoms with Crippen LogP contribution in [-0.2, 0) is 9.59 Å². The van der Waals surface area contributed by atoms with Gasteiger partial charge in [0.25, 0.3) is 5.91 Å². The highest BCUT2D eigenvalue weighted by Gasteiger charge is 2.24. The summed E-state index contributed by atoms with van der Waals surface area (Å²) in [5.41, 5.74) is 0. The number of nitrogens with one attached hydrogen (secondary N) is 1. The van der Waals surface area contributed by atoms with Gasteiger partial charge in [-0.15, -0.1) is 11.8 Å². The number of carboxylic acids is 1. The van der Waals surface area contributed by atoms with Crippen molar-refractivity contribution in [2.24, 2.45) is 5.92 Å². The standard InChI is InChI=1S/C16H23NO4S/c1-10(2)9-14(16(19)20)17-15(18)11(3)21-12-5-7-13(22-4)8-6-12/h5-8,10-11,14H,9H2,1-4H3,(H,17,18)(H,19,20)/t11?,14-/m0/s1. The zero-order valence-electron chi connectivity index (χ0n) is 13.3. The van der Waals surface area contributed by atoms with Gasteiger partial charge in [0.05, 0.1) is 0 Å². The van der Waals surface area contributed by atoms with Gasteiger partial charge in [0.1, 0.15) is 11.8 Å². The van der Waals surface area contributed by atoms with Gasteiger partial charge in [0.15, 0.2) is 6.10 Å². The lowest BCUT2D eigenvalue weighted by Gasteiger charge is -2.20. The Labute approximate surface area is 135 Å². The average Bonchev–Trinajstić information content (AvgIpc) is 2.46. The molecule has 0 aliphatic rings. The van der Waals surface area contributed by atoms with Gasteiger partial charge in [-0.05, 0) is 49.8 Å². The zero-order chi connectivity index (χ0) is 16.7. The summed E-state index contributed by atoms with van der Waals surface area (Å²) in [5, 5.41) is 11.7. The molecular weight excluding hydrogens is 302 g/mol. The van der Waals surface area contributed by atoms with Gasteiger partial charge in [0.2, 0.25) is 0 Å².